The summed E-state index contributed by atoms with van der Waals surface area (Å²) in [7, 11) is -3.80. The van der Waals surface area contributed by atoms with Gasteiger partial charge >= 0.3 is 0 Å². The van der Waals surface area contributed by atoms with Crippen molar-refractivity contribution in [1.29, 1.82) is 0 Å². The van der Waals surface area contributed by atoms with Crippen molar-refractivity contribution in [3.63, 3.8) is 0 Å². The van der Waals surface area contributed by atoms with E-state index in [9.17, 15) is 12.8 Å². The van der Waals surface area contributed by atoms with Crippen LogP contribution in [0.3, 0.4) is 0 Å². The first-order chi connectivity index (χ1) is 13.4. The second kappa shape index (κ2) is 7.06. The van der Waals surface area contributed by atoms with Gasteiger partial charge in [-0.3, -0.25) is 0 Å². The molecule has 146 valence electrons. The molecule has 1 aromatic carbocycles. The summed E-state index contributed by atoms with van der Waals surface area (Å²) in [5.74, 6) is 0.561. The van der Waals surface area contributed by atoms with E-state index >= 15 is 0 Å². The van der Waals surface area contributed by atoms with E-state index in [0.717, 1.165) is 12.1 Å². The summed E-state index contributed by atoms with van der Waals surface area (Å²) in [5, 5.41) is 3.91. The lowest BCUT2D eigenvalue weighted by Gasteiger charge is -2.25. The summed E-state index contributed by atoms with van der Waals surface area (Å²) in [6, 6.07) is 6.17. The van der Waals surface area contributed by atoms with Gasteiger partial charge in [-0.1, -0.05) is 5.16 Å². The standard InChI is InChI=1S/C19H19FN4O3S/c1-12-10-18(27-23-12)16-11-21-13(2)22-19(16)17-4-3-9-24(17)28(25,26)15-7-5-14(20)6-8-15/h5-8,10-11,17H,3-4,9H2,1-2H3/t17-/m0/s1. The van der Waals surface area contributed by atoms with E-state index in [1.54, 1.807) is 19.2 Å². The molecular weight excluding hydrogens is 383 g/mol. The predicted molar refractivity (Wildman–Crippen MR) is 99.3 cm³/mol. The number of aromatic nitrogens is 3. The Morgan fingerprint density at radius 2 is 1.96 bits per heavy atom. The van der Waals surface area contributed by atoms with Crippen LogP contribution in [0.25, 0.3) is 11.3 Å². The molecule has 0 N–H and O–H groups in total. The number of sulfonamides is 1. The average Bonchev–Trinajstić information content (AvgIpc) is 3.31. The zero-order chi connectivity index (χ0) is 19.9. The highest BCUT2D eigenvalue weighted by Crippen LogP contribution is 2.39. The molecule has 4 rings (SSSR count). The fraction of sp³-hybridized carbons (Fsp3) is 0.316. The first-order valence-corrected chi connectivity index (χ1v) is 10.3. The van der Waals surface area contributed by atoms with Crippen LogP contribution < -0.4 is 0 Å². The van der Waals surface area contributed by atoms with Crippen molar-refractivity contribution in [2.24, 2.45) is 0 Å². The van der Waals surface area contributed by atoms with Gasteiger partial charge in [-0.15, -0.1) is 0 Å². The number of aryl methyl sites for hydroxylation is 2. The van der Waals surface area contributed by atoms with E-state index in [0.29, 0.717) is 47.9 Å². The summed E-state index contributed by atoms with van der Waals surface area (Å²) in [6.45, 7) is 3.93. The van der Waals surface area contributed by atoms with Crippen LogP contribution in [0.15, 0.2) is 45.9 Å². The number of benzene rings is 1. The highest BCUT2D eigenvalue weighted by molar-refractivity contribution is 7.89. The Kier molecular flexibility index (Phi) is 4.72. The molecule has 1 fully saturated rings. The summed E-state index contributed by atoms with van der Waals surface area (Å²) < 4.78 is 46.4. The fourth-order valence-corrected chi connectivity index (χ4v) is 5.13. The van der Waals surface area contributed by atoms with Gasteiger partial charge in [0.05, 0.1) is 27.9 Å². The van der Waals surface area contributed by atoms with Crippen LogP contribution in [0.2, 0.25) is 0 Å². The Morgan fingerprint density at radius 3 is 2.64 bits per heavy atom. The molecule has 0 amide bonds. The van der Waals surface area contributed by atoms with Gasteiger partial charge in [-0.05, 0) is 51.0 Å². The van der Waals surface area contributed by atoms with Crippen molar-refractivity contribution in [2.75, 3.05) is 6.54 Å². The Bertz CT molecular complexity index is 1110. The Balaban J connectivity index is 1.79. The molecule has 1 atom stereocenters. The van der Waals surface area contributed by atoms with E-state index in [-0.39, 0.29) is 4.90 Å². The fourth-order valence-electron chi connectivity index (χ4n) is 3.46. The smallest absolute Gasteiger partial charge is 0.243 e. The normalized spacial score (nSPS) is 17.9. The van der Waals surface area contributed by atoms with E-state index in [4.69, 9.17) is 4.52 Å². The van der Waals surface area contributed by atoms with Crippen LogP contribution in [0.5, 0.6) is 0 Å². The molecule has 7 nitrogen and oxygen atoms in total. The van der Waals surface area contributed by atoms with Gasteiger partial charge in [0.2, 0.25) is 10.0 Å². The maximum absolute atomic E-state index is 13.2. The van der Waals surface area contributed by atoms with Crippen molar-refractivity contribution in [3.05, 3.63) is 59.6 Å². The molecule has 1 saturated heterocycles. The van der Waals surface area contributed by atoms with Crippen LogP contribution in [-0.2, 0) is 10.0 Å². The number of rotatable bonds is 4. The topological polar surface area (TPSA) is 89.2 Å². The minimum atomic E-state index is -3.80. The molecule has 0 spiro atoms. The van der Waals surface area contributed by atoms with E-state index in [1.807, 2.05) is 6.92 Å². The third kappa shape index (κ3) is 3.31. The molecule has 9 heteroatoms. The highest BCUT2D eigenvalue weighted by Gasteiger charge is 2.38. The SMILES string of the molecule is Cc1cc(-c2cnc(C)nc2[C@@H]2CCCN2S(=O)(=O)c2ccc(F)cc2)on1. The van der Waals surface area contributed by atoms with Gasteiger partial charge in [0.1, 0.15) is 11.6 Å². The maximum atomic E-state index is 13.2. The van der Waals surface area contributed by atoms with Crippen LogP contribution in [0.1, 0.15) is 36.1 Å². The van der Waals surface area contributed by atoms with E-state index in [1.165, 1.54) is 16.4 Å². The molecule has 0 saturated carbocycles. The minimum Gasteiger partial charge on any atom is -0.356 e. The highest BCUT2D eigenvalue weighted by atomic mass is 32.2. The Morgan fingerprint density at radius 1 is 1.21 bits per heavy atom. The van der Waals surface area contributed by atoms with Crippen LogP contribution in [0, 0.1) is 19.7 Å². The predicted octanol–water partition coefficient (Wildman–Crippen LogP) is 3.41. The summed E-state index contributed by atoms with van der Waals surface area (Å²) in [5.41, 5.74) is 1.92. The lowest BCUT2D eigenvalue weighted by atomic mass is 10.0. The molecule has 0 unspecified atom stereocenters. The summed E-state index contributed by atoms with van der Waals surface area (Å²) in [4.78, 5) is 8.85. The second-order valence-electron chi connectivity index (χ2n) is 6.78. The number of hydrogen-bond donors (Lipinski definition) is 0. The van der Waals surface area contributed by atoms with Crippen molar-refractivity contribution in [3.8, 4) is 11.3 Å². The first kappa shape index (κ1) is 18.7. The van der Waals surface area contributed by atoms with Gasteiger partial charge in [0, 0.05) is 18.8 Å². The molecule has 3 aromatic rings. The average molecular weight is 402 g/mol. The van der Waals surface area contributed by atoms with E-state index < -0.39 is 21.9 Å². The van der Waals surface area contributed by atoms with Gasteiger partial charge in [-0.25, -0.2) is 22.8 Å². The first-order valence-electron chi connectivity index (χ1n) is 8.91. The molecule has 28 heavy (non-hydrogen) atoms. The molecule has 0 aliphatic carbocycles. The molecule has 0 bridgehead atoms. The molecule has 1 aliphatic heterocycles. The quantitative estimate of drug-likeness (QED) is 0.664. The Hall–Kier alpha value is -2.65. The third-order valence-electron chi connectivity index (χ3n) is 4.77. The third-order valence-corrected chi connectivity index (χ3v) is 6.69. The maximum Gasteiger partial charge on any atom is 0.243 e. The second-order valence-corrected chi connectivity index (χ2v) is 8.67. The molecule has 0 radical (unpaired) electrons. The summed E-state index contributed by atoms with van der Waals surface area (Å²) >= 11 is 0. The molecule has 1 aliphatic rings. The lowest BCUT2D eigenvalue weighted by molar-refractivity contribution is 0.387. The molecule has 3 heterocycles. The Labute approximate surface area is 162 Å². The van der Waals surface area contributed by atoms with Gasteiger partial charge in [0.25, 0.3) is 0 Å². The molecular formula is C19H19FN4O3S. The monoisotopic (exact) mass is 402 g/mol. The van der Waals surface area contributed by atoms with Crippen molar-refractivity contribution in [1.82, 2.24) is 19.4 Å². The van der Waals surface area contributed by atoms with Crippen LogP contribution in [-0.4, -0.2) is 34.4 Å². The number of halogens is 1. The van der Waals surface area contributed by atoms with Crippen molar-refractivity contribution < 1.29 is 17.3 Å². The zero-order valence-corrected chi connectivity index (χ0v) is 16.3. The number of hydrogen-bond acceptors (Lipinski definition) is 6. The van der Waals surface area contributed by atoms with E-state index in [2.05, 4.69) is 15.1 Å². The van der Waals surface area contributed by atoms with Crippen LogP contribution in [0.4, 0.5) is 4.39 Å². The van der Waals surface area contributed by atoms with Crippen LogP contribution >= 0.6 is 0 Å². The largest absolute Gasteiger partial charge is 0.356 e. The van der Waals surface area contributed by atoms with Gasteiger partial charge in [0.15, 0.2) is 5.76 Å². The number of nitrogens with zero attached hydrogens (tertiary/aromatic N) is 4. The summed E-state index contributed by atoms with van der Waals surface area (Å²) in [6.07, 6.45) is 2.96. The zero-order valence-electron chi connectivity index (χ0n) is 15.5. The minimum absolute atomic E-state index is 0.0589. The van der Waals surface area contributed by atoms with Gasteiger partial charge < -0.3 is 4.52 Å². The lowest BCUT2D eigenvalue weighted by Crippen LogP contribution is -2.31. The van der Waals surface area contributed by atoms with Gasteiger partial charge in [-0.2, -0.15) is 4.31 Å². The van der Waals surface area contributed by atoms with Crippen molar-refractivity contribution in [2.45, 2.75) is 37.6 Å². The molecule has 2 aromatic heterocycles. The van der Waals surface area contributed by atoms with Crippen molar-refractivity contribution >= 4 is 10.0 Å².